The van der Waals surface area contributed by atoms with Gasteiger partial charge in [-0.15, -0.1) is 0 Å². The van der Waals surface area contributed by atoms with Crippen molar-refractivity contribution in [2.75, 3.05) is 19.7 Å². The lowest BCUT2D eigenvalue weighted by atomic mass is 10.0. The van der Waals surface area contributed by atoms with Crippen LogP contribution in [-0.2, 0) is 11.2 Å². The number of aryl methyl sites for hydroxylation is 1. The second-order valence-electron chi connectivity index (χ2n) is 6.45. The van der Waals surface area contributed by atoms with E-state index in [4.69, 9.17) is 10.5 Å². The van der Waals surface area contributed by atoms with Gasteiger partial charge < -0.3 is 20.8 Å². The van der Waals surface area contributed by atoms with Gasteiger partial charge in [0.1, 0.15) is 6.10 Å². The van der Waals surface area contributed by atoms with Crippen molar-refractivity contribution in [1.29, 1.82) is 0 Å². The number of nitrogens with two attached hydrogens (primary N) is 1. The first-order chi connectivity index (χ1) is 13.8. The Bertz CT molecular complexity index is 779. The standard InChI is InChI=1S/C22H27N5O/c23-22(25-13-7-12-20-16-24-17-27-20)26-14-15-28-21(18-8-3-1-4-9-18)19-10-5-2-6-11-19/h1-6,8-11,16-17,21H,7,12-15H2,(H,24,27)(H3,23,25,26). The zero-order valence-electron chi connectivity index (χ0n) is 15.9. The molecular weight excluding hydrogens is 350 g/mol. The number of hydrogen-bond donors (Lipinski definition) is 3. The van der Waals surface area contributed by atoms with Crippen molar-refractivity contribution in [3.8, 4) is 0 Å². The van der Waals surface area contributed by atoms with E-state index in [9.17, 15) is 0 Å². The molecule has 0 radical (unpaired) electrons. The summed E-state index contributed by atoms with van der Waals surface area (Å²) < 4.78 is 6.16. The number of aliphatic imine (C=N–C) groups is 1. The molecule has 1 aromatic heterocycles. The largest absolute Gasteiger partial charge is 0.370 e. The summed E-state index contributed by atoms with van der Waals surface area (Å²) in [5.41, 5.74) is 9.32. The molecule has 0 spiro atoms. The highest BCUT2D eigenvalue weighted by molar-refractivity contribution is 5.77. The third kappa shape index (κ3) is 6.25. The molecule has 0 atom stereocenters. The Labute approximate surface area is 165 Å². The highest BCUT2D eigenvalue weighted by Crippen LogP contribution is 2.25. The molecule has 0 fully saturated rings. The molecule has 0 bridgehead atoms. The molecule has 0 aliphatic rings. The Balaban J connectivity index is 1.43. The van der Waals surface area contributed by atoms with E-state index in [1.807, 2.05) is 42.6 Å². The number of H-pyrrole nitrogens is 1. The zero-order valence-corrected chi connectivity index (χ0v) is 15.9. The molecule has 0 unspecified atom stereocenters. The minimum atomic E-state index is -0.100. The summed E-state index contributed by atoms with van der Waals surface area (Å²) in [7, 11) is 0. The van der Waals surface area contributed by atoms with Gasteiger partial charge in [0.2, 0.25) is 0 Å². The average molecular weight is 377 g/mol. The van der Waals surface area contributed by atoms with Crippen LogP contribution in [0.3, 0.4) is 0 Å². The SMILES string of the molecule is NC(=NCCCc1cnc[nH]1)NCCOC(c1ccccc1)c1ccccc1. The van der Waals surface area contributed by atoms with Crippen molar-refractivity contribution in [1.82, 2.24) is 15.3 Å². The van der Waals surface area contributed by atoms with Crippen molar-refractivity contribution in [3.05, 3.63) is 90.0 Å². The Morgan fingerprint density at radius 1 is 1.07 bits per heavy atom. The van der Waals surface area contributed by atoms with Gasteiger partial charge in [-0.1, -0.05) is 60.7 Å². The van der Waals surface area contributed by atoms with Gasteiger partial charge in [0.25, 0.3) is 0 Å². The summed E-state index contributed by atoms with van der Waals surface area (Å²) in [6.07, 6.45) is 5.25. The molecule has 0 saturated heterocycles. The van der Waals surface area contributed by atoms with E-state index >= 15 is 0 Å². The molecule has 6 nitrogen and oxygen atoms in total. The summed E-state index contributed by atoms with van der Waals surface area (Å²) in [6.45, 7) is 1.81. The minimum Gasteiger partial charge on any atom is -0.370 e. The summed E-state index contributed by atoms with van der Waals surface area (Å²) in [5, 5.41) is 3.12. The van der Waals surface area contributed by atoms with Gasteiger partial charge in [0.15, 0.2) is 5.96 Å². The van der Waals surface area contributed by atoms with Crippen molar-refractivity contribution in [2.45, 2.75) is 18.9 Å². The maximum absolute atomic E-state index is 6.16. The molecule has 0 saturated carbocycles. The predicted octanol–water partition coefficient (Wildman–Crippen LogP) is 3.05. The summed E-state index contributed by atoms with van der Waals surface area (Å²) in [4.78, 5) is 11.4. The van der Waals surface area contributed by atoms with Crippen LogP contribution < -0.4 is 11.1 Å². The van der Waals surface area contributed by atoms with Gasteiger partial charge in [-0.3, -0.25) is 4.99 Å². The normalized spacial score (nSPS) is 11.7. The van der Waals surface area contributed by atoms with Gasteiger partial charge in [0, 0.05) is 25.0 Å². The fourth-order valence-corrected chi connectivity index (χ4v) is 2.94. The predicted molar refractivity (Wildman–Crippen MR) is 112 cm³/mol. The number of imidazole rings is 1. The number of benzene rings is 2. The van der Waals surface area contributed by atoms with Crippen LogP contribution in [-0.4, -0.2) is 35.6 Å². The first kappa shape index (κ1) is 19.6. The maximum Gasteiger partial charge on any atom is 0.188 e. The number of ether oxygens (including phenoxy) is 1. The molecular formula is C22H27N5O. The van der Waals surface area contributed by atoms with Crippen LogP contribution in [0.4, 0.5) is 0 Å². The van der Waals surface area contributed by atoms with Crippen molar-refractivity contribution < 1.29 is 4.74 Å². The van der Waals surface area contributed by atoms with Gasteiger partial charge in [-0.25, -0.2) is 4.98 Å². The number of rotatable bonds is 10. The van der Waals surface area contributed by atoms with E-state index in [0.717, 1.165) is 29.7 Å². The van der Waals surface area contributed by atoms with E-state index < -0.39 is 0 Å². The summed E-state index contributed by atoms with van der Waals surface area (Å²) in [5.74, 6) is 0.448. The first-order valence-corrected chi connectivity index (χ1v) is 9.55. The summed E-state index contributed by atoms with van der Waals surface area (Å²) >= 11 is 0. The van der Waals surface area contributed by atoms with Crippen molar-refractivity contribution in [3.63, 3.8) is 0 Å². The van der Waals surface area contributed by atoms with E-state index in [1.54, 1.807) is 6.33 Å². The molecule has 1 heterocycles. The Morgan fingerprint density at radius 2 is 1.75 bits per heavy atom. The third-order valence-electron chi connectivity index (χ3n) is 4.34. The third-order valence-corrected chi connectivity index (χ3v) is 4.34. The van der Waals surface area contributed by atoms with Crippen LogP contribution in [0.2, 0.25) is 0 Å². The van der Waals surface area contributed by atoms with Gasteiger partial charge in [-0.2, -0.15) is 0 Å². The topological polar surface area (TPSA) is 88.3 Å². The van der Waals surface area contributed by atoms with Crippen LogP contribution in [0, 0.1) is 0 Å². The highest BCUT2D eigenvalue weighted by Gasteiger charge is 2.13. The Hall–Kier alpha value is -3.12. The van der Waals surface area contributed by atoms with Crippen molar-refractivity contribution in [2.24, 2.45) is 10.7 Å². The lowest BCUT2D eigenvalue weighted by Crippen LogP contribution is -2.34. The van der Waals surface area contributed by atoms with Gasteiger partial charge >= 0.3 is 0 Å². The summed E-state index contributed by atoms with van der Waals surface area (Å²) in [6, 6.07) is 20.5. The molecule has 2 aromatic carbocycles. The van der Waals surface area contributed by atoms with Crippen LogP contribution in [0.15, 0.2) is 78.2 Å². The number of nitrogens with zero attached hydrogens (tertiary/aromatic N) is 2. The Kier molecular flexibility index (Phi) is 7.64. The number of aromatic nitrogens is 2. The van der Waals surface area contributed by atoms with E-state index in [1.165, 1.54) is 0 Å². The smallest absolute Gasteiger partial charge is 0.188 e. The Morgan fingerprint density at radius 3 is 2.36 bits per heavy atom. The fraction of sp³-hybridized carbons (Fsp3) is 0.273. The van der Waals surface area contributed by atoms with Crippen LogP contribution >= 0.6 is 0 Å². The van der Waals surface area contributed by atoms with Crippen LogP contribution in [0.1, 0.15) is 29.3 Å². The second kappa shape index (κ2) is 10.9. The molecule has 4 N–H and O–H groups in total. The molecule has 3 aromatic rings. The lowest BCUT2D eigenvalue weighted by Gasteiger charge is -2.19. The molecule has 0 aliphatic carbocycles. The molecule has 0 amide bonds. The molecule has 6 heteroatoms. The van der Waals surface area contributed by atoms with Gasteiger partial charge in [0.05, 0.1) is 12.9 Å². The van der Waals surface area contributed by atoms with Gasteiger partial charge in [-0.05, 0) is 24.0 Å². The van der Waals surface area contributed by atoms with E-state index in [-0.39, 0.29) is 6.10 Å². The molecule has 28 heavy (non-hydrogen) atoms. The van der Waals surface area contributed by atoms with Crippen LogP contribution in [0.25, 0.3) is 0 Å². The minimum absolute atomic E-state index is 0.100. The van der Waals surface area contributed by atoms with E-state index in [2.05, 4.69) is 44.5 Å². The average Bonchev–Trinajstić information content (AvgIpc) is 3.26. The van der Waals surface area contributed by atoms with Crippen LogP contribution in [0.5, 0.6) is 0 Å². The highest BCUT2D eigenvalue weighted by atomic mass is 16.5. The molecule has 146 valence electrons. The number of aromatic amines is 1. The van der Waals surface area contributed by atoms with Crippen molar-refractivity contribution >= 4 is 5.96 Å². The number of nitrogens with one attached hydrogen (secondary N) is 2. The maximum atomic E-state index is 6.16. The fourth-order valence-electron chi connectivity index (χ4n) is 2.94. The number of hydrogen-bond acceptors (Lipinski definition) is 3. The quantitative estimate of drug-likeness (QED) is 0.288. The first-order valence-electron chi connectivity index (χ1n) is 9.55. The molecule has 0 aliphatic heterocycles. The molecule has 3 rings (SSSR count). The lowest BCUT2D eigenvalue weighted by molar-refractivity contribution is 0.0843. The zero-order chi connectivity index (χ0) is 19.4. The number of guanidine groups is 1. The van der Waals surface area contributed by atoms with E-state index in [0.29, 0.717) is 25.7 Å². The second-order valence-corrected chi connectivity index (χ2v) is 6.45. The monoisotopic (exact) mass is 377 g/mol.